The molecule has 0 saturated heterocycles. The van der Waals surface area contributed by atoms with Crippen LogP contribution in [0.15, 0.2) is 60.8 Å². The normalized spacial score (nSPS) is 31.4. The Morgan fingerprint density at radius 3 is 2.67 bits per heavy atom. The van der Waals surface area contributed by atoms with Gasteiger partial charge < -0.3 is 9.84 Å². The van der Waals surface area contributed by atoms with E-state index in [0.29, 0.717) is 0 Å². The zero-order chi connectivity index (χ0) is 18.6. The third-order valence-electron chi connectivity index (χ3n) is 7.50. The smallest absolute Gasteiger partial charge is 0.250 e. The van der Waals surface area contributed by atoms with E-state index in [2.05, 4.69) is 79.2 Å². The summed E-state index contributed by atoms with van der Waals surface area (Å²) in [7, 11) is 1.63. The van der Waals surface area contributed by atoms with Gasteiger partial charge in [0.15, 0.2) is 6.20 Å². The van der Waals surface area contributed by atoms with Gasteiger partial charge in [0.25, 0.3) is 5.79 Å². The number of rotatable bonds is 1. The number of hydrogen-bond acceptors (Lipinski definition) is 2. The fourth-order valence-electron chi connectivity index (χ4n) is 6.14. The largest absolute Gasteiger partial charge is 0.359 e. The van der Waals surface area contributed by atoms with E-state index in [-0.39, 0.29) is 0 Å². The fourth-order valence-corrected chi connectivity index (χ4v) is 6.14. The van der Waals surface area contributed by atoms with Gasteiger partial charge in [-0.15, -0.1) is 0 Å². The van der Waals surface area contributed by atoms with Crippen molar-refractivity contribution in [2.24, 2.45) is 0 Å². The lowest BCUT2D eigenvalue weighted by molar-refractivity contribution is -0.742. The van der Waals surface area contributed by atoms with Crippen molar-refractivity contribution >= 4 is 0 Å². The summed E-state index contributed by atoms with van der Waals surface area (Å²) in [6.07, 6.45) is 2.85. The molecule has 3 nitrogen and oxygen atoms in total. The first-order valence-corrected chi connectivity index (χ1v) is 9.52. The molecule has 1 N–H and O–H groups in total. The Kier molecular flexibility index (Phi) is 2.59. The molecule has 0 radical (unpaired) electrons. The third-order valence-corrected chi connectivity index (χ3v) is 7.50. The lowest BCUT2D eigenvalue weighted by Crippen LogP contribution is -2.55. The molecule has 2 heterocycles. The minimum atomic E-state index is -1.26. The summed E-state index contributed by atoms with van der Waals surface area (Å²) in [5.41, 5.74) is 7.48. The van der Waals surface area contributed by atoms with E-state index < -0.39 is 16.7 Å². The Hall–Kier alpha value is -2.49. The van der Waals surface area contributed by atoms with Crippen LogP contribution in [-0.2, 0) is 22.1 Å². The number of nitrogens with zero attached hydrogens (tertiary/aromatic N) is 1. The molecule has 27 heavy (non-hydrogen) atoms. The third kappa shape index (κ3) is 1.39. The van der Waals surface area contributed by atoms with E-state index in [0.717, 1.165) is 6.42 Å². The van der Waals surface area contributed by atoms with Crippen LogP contribution in [0.4, 0.5) is 0 Å². The highest BCUT2D eigenvalue weighted by atomic mass is 16.6. The van der Waals surface area contributed by atoms with Gasteiger partial charge in [-0.1, -0.05) is 30.3 Å². The van der Waals surface area contributed by atoms with Gasteiger partial charge in [0.1, 0.15) is 5.41 Å². The van der Waals surface area contributed by atoms with Gasteiger partial charge in [-0.05, 0) is 53.8 Å². The predicted octanol–water partition coefficient (Wildman–Crippen LogP) is 3.49. The van der Waals surface area contributed by atoms with Crippen LogP contribution in [0.1, 0.15) is 23.6 Å². The fraction of sp³-hybridized carbons (Fsp3) is 0.292. The van der Waals surface area contributed by atoms with Crippen molar-refractivity contribution in [2.45, 2.75) is 37.0 Å². The average molecular weight is 356 g/mol. The highest BCUT2D eigenvalue weighted by Gasteiger charge is 2.96. The van der Waals surface area contributed by atoms with Crippen molar-refractivity contribution < 1.29 is 14.4 Å². The second-order valence-electron chi connectivity index (χ2n) is 8.33. The summed E-state index contributed by atoms with van der Waals surface area (Å²) in [6.45, 7) is 4.28. The number of ether oxygens (including phenoxy) is 1. The first kappa shape index (κ1) is 15.6. The van der Waals surface area contributed by atoms with Gasteiger partial charge in [-0.2, -0.15) is 4.57 Å². The van der Waals surface area contributed by atoms with Crippen LogP contribution in [0, 0.1) is 6.92 Å². The lowest BCUT2D eigenvalue weighted by Gasteiger charge is -2.26. The molecule has 3 aromatic rings. The molecule has 3 heteroatoms. The molecule has 2 aromatic carbocycles. The van der Waals surface area contributed by atoms with Crippen LogP contribution in [0.2, 0.25) is 0 Å². The Bertz CT molecular complexity index is 1150. The highest BCUT2D eigenvalue weighted by Crippen LogP contribution is 2.73. The van der Waals surface area contributed by atoms with Gasteiger partial charge in [-0.25, -0.2) is 0 Å². The standard InChI is InChI=1S/C24H22NO2/c1-15-7-6-12-25-21(15)19-11-10-16-13-20(19)23(22(25,2)24(23,26)27-3)14-17-8-4-5-9-18(16)17/h4-13,26H,14H2,1-3H3/q+1. The van der Waals surface area contributed by atoms with Crippen LogP contribution >= 0.6 is 0 Å². The Morgan fingerprint density at radius 1 is 1.04 bits per heavy atom. The van der Waals surface area contributed by atoms with Gasteiger partial charge in [0.2, 0.25) is 11.2 Å². The molecule has 2 bridgehead atoms. The number of benzene rings is 2. The van der Waals surface area contributed by atoms with E-state index in [1.165, 1.54) is 39.1 Å². The number of aliphatic hydroxyl groups is 1. The monoisotopic (exact) mass is 356 g/mol. The van der Waals surface area contributed by atoms with Crippen molar-refractivity contribution in [3.63, 3.8) is 0 Å². The number of hydrogen-bond donors (Lipinski definition) is 1. The Morgan fingerprint density at radius 2 is 1.85 bits per heavy atom. The molecular formula is C24H22NO2+. The molecular weight excluding hydrogens is 334 g/mol. The van der Waals surface area contributed by atoms with Gasteiger partial charge in [-0.3, -0.25) is 0 Å². The predicted molar refractivity (Wildman–Crippen MR) is 103 cm³/mol. The molecule has 1 fully saturated rings. The maximum absolute atomic E-state index is 11.8. The van der Waals surface area contributed by atoms with E-state index in [9.17, 15) is 5.11 Å². The van der Waals surface area contributed by atoms with Crippen LogP contribution in [0.25, 0.3) is 22.4 Å². The molecule has 2 aliphatic carbocycles. The van der Waals surface area contributed by atoms with E-state index in [1.54, 1.807) is 7.11 Å². The molecule has 1 saturated carbocycles. The quantitative estimate of drug-likeness (QED) is 0.535. The molecule has 1 spiro atoms. The Labute approximate surface area is 158 Å². The molecule has 3 atom stereocenters. The zero-order valence-corrected chi connectivity index (χ0v) is 15.8. The van der Waals surface area contributed by atoms with E-state index >= 15 is 0 Å². The maximum Gasteiger partial charge on any atom is 0.250 e. The summed E-state index contributed by atoms with van der Waals surface area (Å²) >= 11 is 0. The summed E-state index contributed by atoms with van der Waals surface area (Å²) < 4.78 is 8.13. The van der Waals surface area contributed by atoms with Crippen LogP contribution < -0.4 is 4.57 Å². The molecule has 1 aliphatic heterocycles. The van der Waals surface area contributed by atoms with Crippen molar-refractivity contribution in [3.05, 3.63) is 77.5 Å². The average Bonchev–Trinajstić information content (AvgIpc) is 3.18. The summed E-state index contributed by atoms with van der Waals surface area (Å²) in [5, 5.41) is 11.8. The lowest BCUT2D eigenvalue weighted by atomic mass is 9.79. The first-order chi connectivity index (χ1) is 13.0. The molecule has 0 amide bonds. The highest BCUT2D eigenvalue weighted by molar-refractivity contribution is 5.80. The van der Waals surface area contributed by atoms with E-state index in [4.69, 9.17) is 4.74 Å². The molecule has 6 rings (SSSR count). The van der Waals surface area contributed by atoms with Crippen molar-refractivity contribution in [2.75, 3.05) is 7.11 Å². The first-order valence-electron chi connectivity index (χ1n) is 9.52. The topological polar surface area (TPSA) is 33.3 Å². The minimum Gasteiger partial charge on any atom is -0.359 e. The van der Waals surface area contributed by atoms with Gasteiger partial charge in [0, 0.05) is 25.7 Å². The second-order valence-corrected chi connectivity index (χ2v) is 8.33. The number of fused-ring (bicyclic) bond motifs is 6. The van der Waals surface area contributed by atoms with Crippen LogP contribution in [0.5, 0.6) is 0 Å². The maximum atomic E-state index is 11.8. The second kappa shape index (κ2) is 4.49. The number of aromatic nitrogens is 1. The van der Waals surface area contributed by atoms with Crippen LogP contribution in [0.3, 0.4) is 0 Å². The summed E-state index contributed by atoms with van der Waals surface area (Å²) in [4.78, 5) is 0. The van der Waals surface area contributed by atoms with E-state index in [1.807, 2.05) is 0 Å². The number of aryl methyl sites for hydroxylation is 1. The SMILES string of the molecule is COC1(O)C23Cc4ccccc4-c4ccc(c2c4)-c2c(C)ccc[n+]2C13C. The summed E-state index contributed by atoms with van der Waals surface area (Å²) in [5.74, 6) is -1.26. The van der Waals surface area contributed by atoms with Crippen LogP contribution in [-0.4, -0.2) is 18.0 Å². The number of pyridine rings is 1. The number of methoxy groups -OCH3 is 1. The molecule has 3 aliphatic rings. The zero-order valence-electron chi connectivity index (χ0n) is 15.8. The molecule has 134 valence electrons. The van der Waals surface area contributed by atoms with Crippen molar-refractivity contribution in [1.29, 1.82) is 0 Å². The Balaban J connectivity index is 1.80. The minimum absolute atomic E-state index is 0.502. The van der Waals surface area contributed by atoms with Gasteiger partial charge >= 0.3 is 0 Å². The molecule has 1 aromatic heterocycles. The molecule has 3 unspecified atom stereocenters. The van der Waals surface area contributed by atoms with Crippen molar-refractivity contribution in [3.8, 4) is 22.4 Å². The summed E-state index contributed by atoms with van der Waals surface area (Å²) in [6, 6.07) is 19.5. The van der Waals surface area contributed by atoms with Crippen molar-refractivity contribution in [1.82, 2.24) is 0 Å². The van der Waals surface area contributed by atoms with Gasteiger partial charge in [0.05, 0.1) is 5.56 Å².